The van der Waals surface area contributed by atoms with Crippen molar-refractivity contribution in [1.82, 2.24) is 5.32 Å². The highest BCUT2D eigenvalue weighted by Crippen LogP contribution is 2.06. The fourth-order valence-corrected chi connectivity index (χ4v) is 2.21. The first kappa shape index (κ1) is 31.0. The summed E-state index contributed by atoms with van der Waals surface area (Å²) in [7, 11) is 1.61. The van der Waals surface area contributed by atoms with Gasteiger partial charge in [0, 0.05) is 13.7 Å². The molecule has 1 N–H and O–H groups in total. The Labute approximate surface area is 196 Å². The highest BCUT2D eigenvalue weighted by atomic mass is 16.6. The largest absolute Gasteiger partial charge is 0.465 e. The van der Waals surface area contributed by atoms with Gasteiger partial charge in [-0.15, -0.1) is 0 Å². The minimum atomic E-state index is -0.658. The first-order valence-corrected chi connectivity index (χ1v) is 11.2. The average Bonchev–Trinajstić information content (AvgIpc) is 2.72. The maximum Gasteiger partial charge on any atom is 0.407 e. The molecule has 0 aromatic rings. The van der Waals surface area contributed by atoms with Crippen molar-refractivity contribution in [2.24, 2.45) is 0 Å². The Bertz CT molecular complexity index is 522. The highest BCUT2D eigenvalue weighted by Gasteiger charge is 2.15. The van der Waals surface area contributed by atoms with E-state index in [1.807, 2.05) is 0 Å². The van der Waals surface area contributed by atoms with Crippen LogP contribution in [0.15, 0.2) is 0 Å². The van der Waals surface area contributed by atoms with Gasteiger partial charge in [0.05, 0.1) is 52.9 Å². The number of nitrogens with one attached hydrogen (secondary N) is 1. The van der Waals surface area contributed by atoms with Crippen LogP contribution in [-0.4, -0.2) is 96.7 Å². The van der Waals surface area contributed by atoms with Crippen LogP contribution >= 0.6 is 0 Å². The molecule has 0 fully saturated rings. The van der Waals surface area contributed by atoms with E-state index in [0.29, 0.717) is 52.6 Å². The minimum absolute atomic E-state index is 0.0525. The molecule has 33 heavy (non-hydrogen) atoms. The second kappa shape index (κ2) is 20.6. The van der Waals surface area contributed by atoms with Gasteiger partial charge in [-0.25, -0.2) is 4.79 Å². The van der Waals surface area contributed by atoms with E-state index < -0.39 is 30.1 Å². The monoisotopic (exact) mass is 479 g/mol. The summed E-state index contributed by atoms with van der Waals surface area (Å²) in [6.07, 6.45) is 1.23. The Hall–Kier alpha value is -1.95. The van der Waals surface area contributed by atoms with E-state index in [9.17, 15) is 14.4 Å². The fraction of sp³-hybridized carbons (Fsp3) is 0.864. The molecule has 194 valence electrons. The van der Waals surface area contributed by atoms with Crippen molar-refractivity contribution < 1.29 is 47.5 Å². The molecule has 0 radical (unpaired) electrons. The van der Waals surface area contributed by atoms with Gasteiger partial charge in [0.2, 0.25) is 0 Å². The standard InChI is InChI=1S/C22H41NO10/c1-22(2,3)33-21(26)23-8-6-5-7-9-31-19(24)18-20(25)32-17-16-30-15-14-29-13-12-28-11-10-27-4/h5-18H2,1-4H3,(H,23,26). The SMILES string of the molecule is COCCOCCOCCOCCOC(=O)CC(=O)OCCCCCNC(=O)OC(C)(C)C. The van der Waals surface area contributed by atoms with Crippen molar-refractivity contribution in [3.8, 4) is 0 Å². The van der Waals surface area contributed by atoms with Crippen LogP contribution in [0.4, 0.5) is 4.79 Å². The van der Waals surface area contributed by atoms with Gasteiger partial charge in [-0.3, -0.25) is 9.59 Å². The van der Waals surface area contributed by atoms with Gasteiger partial charge in [0.15, 0.2) is 0 Å². The molecular formula is C22H41NO10. The Balaban J connectivity index is 3.43. The normalized spacial score (nSPS) is 11.2. The molecule has 0 unspecified atom stereocenters. The Kier molecular flexibility index (Phi) is 19.4. The molecule has 0 spiro atoms. The number of methoxy groups -OCH3 is 1. The quantitative estimate of drug-likeness (QED) is 0.120. The number of carbonyl (C=O) groups is 3. The highest BCUT2D eigenvalue weighted by molar-refractivity contribution is 5.91. The summed E-state index contributed by atoms with van der Waals surface area (Å²) in [5.41, 5.74) is -0.526. The van der Waals surface area contributed by atoms with E-state index in [0.717, 1.165) is 12.8 Å². The predicted octanol–water partition coefficient (Wildman–Crippen LogP) is 1.85. The number of unbranched alkanes of at least 4 members (excludes halogenated alkanes) is 2. The van der Waals surface area contributed by atoms with Crippen LogP contribution in [0.1, 0.15) is 46.5 Å². The van der Waals surface area contributed by atoms with Crippen molar-refractivity contribution in [2.45, 2.75) is 52.1 Å². The molecule has 11 heteroatoms. The number of rotatable bonds is 20. The maximum absolute atomic E-state index is 11.6. The Morgan fingerprint density at radius 1 is 0.667 bits per heavy atom. The lowest BCUT2D eigenvalue weighted by Crippen LogP contribution is -2.33. The zero-order valence-electron chi connectivity index (χ0n) is 20.5. The van der Waals surface area contributed by atoms with Crippen LogP contribution in [-0.2, 0) is 42.7 Å². The lowest BCUT2D eigenvalue weighted by molar-refractivity contribution is -0.155. The van der Waals surface area contributed by atoms with Crippen LogP contribution in [0.2, 0.25) is 0 Å². The van der Waals surface area contributed by atoms with Gasteiger partial charge in [-0.05, 0) is 40.0 Å². The molecule has 0 aromatic heterocycles. The van der Waals surface area contributed by atoms with Gasteiger partial charge in [-0.1, -0.05) is 0 Å². The first-order valence-electron chi connectivity index (χ1n) is 11.2. The van der Waals surface area contributed by atoms with E-state index in [4.69, 9.17) is 33.2 Å². The fourth-order valence-electron chi connectivity index (χ4n) is 2.21. The van der Waals surface area contributed by atoms with Crippen LogP contribution < -0.4 is 5.32 Å². The summed E-state index contributed by atoms with van der Waals surface area (Å²) in [4.78, 5) is 34.7. The van der Waals surface area contributed by atoms with Crippen molar-refractivity contribution >= 4 is 18.0 Å². The molecular weight excluding hydrogens is 438 g/mol. The van der Waals surface area contributed by atoms with Crippen LogP contribution in [0.3, 0.4) is 0 Å². The summed E-state index contributed by atoms with van der Waals surface area (Å²) in [6.45, 7) is 9.16. The van der Waals surface area contributed by atoms with Crippen LogP contribution in [0, 0.1) is 0 Å². The van der Waals surface area contributed by atoms with Gasteiger partial charge in [0.25, 0.3) is 0 Å². The second-order valence-corrected chi connectivity index (χ2v) is 7.94. The van der Waals surface area contributed by atoms with Gasteiger partial charge in [0.1, 0.15) is 18.6 Å². The number of hydrogen-bond donors (Lipinski definition) is 1. The number of alkyl carbamates (subject to hydrolysis) is 1. The molecule has 0 aliphatic heterocycles. The number of hydrogen-bond acceptors (Lipinski definition) is 10. The Morgan fingerprint density at radius 2 is 1.18 bits per heavy atom. The molecule has 0 atom stereocenters. The number of amides is 1. The molecule has 0 rings (SSSR count). The third-order valence-corrected chi connectivity index (χ3v) is 3.71. The van der Waals surface area contributed by atoms with Crippen molar-refractivity contribution in [3.63, 3.8) is 0 Å². The lowest BCUT2D eigenvalue weighted by atomic mass is 10.2. The zero-order chi connectivity index (χ0) is 24.8. The van der Waals surface area contributed by atoms with Crippen molar-refractivity contribution in [3.05, 3.63) is 0 Å². The van der Waals surface area contributed by atoms with Crippen molar-refractivity contribution in [1.29, 1.82) is 0 Å². The summed E-state index contributed by atoms with van der Waals surface area (Å²) in [6, 6.07) is 0. The molecule has 0 bridgehead atoms. The van der Waals surface area contributed by atoms with Crippen molar-refractivity contribution in [2.75, 3.05) is 73.1 Å². The van der Waals surface area contributed by atoms with Crippen LogP contribution in [0.5, 0.6) is 0 Å². The Morgan fingerprint density at radius 3 is 1.73 bits per heavy atom. The molecule has 0 heterocycles. The predicted molar refractivity (Wildman–Crippen MR) is 119 cm³/mol. The topological polar surface area (TPSA) is 128 Å². The van der Waals surface area contributed by atoms with E-state index in [2.05, 4.69) is 5.32 Å². The number of carbonyl (C=O) groups excluding carboxylic acids is 3. The lowest BCUT2D eigenvalue weighted by Gasteiger charge is -2.19. The summed E-state index contributed by atoms with van der Waals surface area (Å²) in [5, 5.41) is 2.66. The molecule has 0 saturated carbocycles. The maximum atomic E-state index is 11.6. The van der Waals surface area contributed by atoms with Gasteiger partial charge < -0.3 is 38.5 Å². The molecule has 0 aliphatic rings. The van der Waals surface area contributed by atoms with E-state index in [1.165, 1.54) is 0 Å². The second-order valence-electron chi connectivity index (χ2n) is 7.94. The van der Waals surface area contributed by atoms with Gasteiger partial charge in [-0.2, -0.15) is 0 Å². The molecule has 0 aromatic carbocycles. The third-order valence-electron chi connectivity index (χ3n) is 3.71. The summed E-state index contributed by atoms with van der Waals surface area (Å²) in [5.74, 6) is -1.29. The number of esters is 2. The van der Waals surface area contributed by atoms with E-state index in [-0.39, 0.29) is 19.8 Å². The average molecular weight is 480 g/mol. The van der Waals surface area contributed by atoms with E-state index in [1.54, 1.807) is 27.9 Å². The molecule has 0 saturated heterocycles. The summed E-state index contributed by atoms with van der Waals surface area (Å²) >= 11 is 0. The molecule has 11 nitrogen and oxygen atoms in total. The minimum Gasteiger partial charge on any atom is -0.465 e. The zero-order valence-corrected chi connectivity index (χ0v) is 20.5. The first-order chi connectivity index (χ1) is 15.7. The molecule has 1 amide bonds. The van der Waals surface area contributed by atoms with Gasteiger partial charge >= 0.3 is 18.0 Å². The third kappa shape index (κ3) is 24.5. The number of ether oxygens (including phenoxy) is 7. The summed E-state index contributed by atoms with van der Waals surface area (Å²) < 4.78 is 35.7. The molecule has 0 aliphatic carbocycles. The smallest absolute Gasteiger partial charge is 0.407 e. The van der Waals surface area contributed by atoms with E-state index >= 15 is 0 Å². The van der Waals surface area contributed by atoms with Crippen LogP contribution in [0.25, 0.3) is 0 Å².